The SMILES string of the molecule is COC(=O)/C(=C\c1ccc(O)cc1)O[C@@H]1O[C@H](CO)[C@@H](O)[C@H](O)[C@H]1O. The Labute approximate surface area is 143 Å². The summed E-state index contributed by atoms with van der Waals surface area (Å²) in [5.41, 5.74) is 0.489. The van der Waals surface area contributed by atoms with Gasteiger partial charge in [0.25, 0.3) is 0 Å². The normalized spacial score (nSPS) is 30.0. The molecule has 0 unspecified atom stereocenters. The minimum Gasteiger partial charge on any atom is -0.508 e. The molecule has 1 aromatic carbocycles. The number of hydrogen-bond donors (Lipinski definition) is 5. The van der Waals surface area contributed by atoms with Crippen molar-refractivity contribution in [3.63, 3.8) is 0 Å². The average molecular weight is 356 g/mol. The van der Waals surface area contributed by atoms with Gasteiger partial charge in [0, 0.05) is 0 Å². The molecular weight excluding hydrogens is 336 g/mol. The summed E-state index contributed by atoms with van der Waals surface area (Å²) >= 11 is 0. The quantitative estimate of drug-likeness (QED) is 0.247. The lowest BCUT2D eigenvalue weighted by atomic mass is 9.99. The Kier molecular flexibility index (Phi) is 6.34. The molecule has 5 N–H and O–H groups in total. The Balaban J connectivity index is 2.24. The number of aliphatic hydroxyl groups excluding tert-OH is 4. The van der Waals surface area contributed by atoms with Crippen LogP contribution in [-0.2, 0) is 19.0 Å². The number of esters is 1. The van der Waals surface area contributed by atoms with Crippen molar-refractivity contribution < 1.29 is 44.5 Å². The van der Waals surface area contributed by atoms with Gasteiger partial charge >= 0.3 is 5.97 Å². The fourth-order valence-electron chi connectivity index (χ4n) is 2.25. The third-order valence-electron chi connectivity index (χ3n) is 3.67. The third-order valence-corrected chi connectivity index (χ3v) is 3.67. The molecule has 0 bridgehead atoms. The van der Waals surface area contributed by atoms with Crippen molar-refractivity contribution in [2.45, 2.75) is 30.7 Å². The van der Waals surface area contributed by atoms with Gasteiger partial charge in [0.2, 0.25) is 12.0 Å². The summed E-state index contributed by atoms with van der Waals surface area (Å²) in [4.78, 5) is 11.9. The number of ether oxygens (including phenoxy) is 3. The molecular formula is C16H20O9. The maximum absolute atomic E-state index is 11.9. The van der Waals surface area contributed by atoms with Gasteiger partial charge in [-0.05, 0) is 23.8 Å². The molecule has 1 heterocycles. The highest BCUT2D eigenvalue weighted by Gasteiger charge is 2.45. The molecule has 1 aliphatic rings. The summed E-state index contributed by atoms with van der Waals surface area (Å²) in [5, 5.41) is 47.9. The molecule has 9 nitrogen and oxygen atoms in total. The van der Waals surface area contributed by atoms with Gasteiger partial charge in [-0.25, -0.2) is 4.79 Å². The maximum Gasteiger partial charge on any atom is 0.373 e. The lowest BCUT2D eigenvalue weighted by Crippen LogP contribution is -2.59. The minimum absolute atomic E-state index is 0.0339. The van der Waals surface area contributed by atoms with Gasteiger partial charge < -0.3 is 39.7 Å². The first kappa shape index (κ1) is 19.2. The van der Waals surface area contributed by atoms with Crippen LogP contribution < -0.4 is 0 Å². The average Bonchev–Trinajstić information content (AvgIpc) is 2.62. The van der Waals surface area contributed by atoms with E-state index in [1.807, 2.05) is 0 Å². The number of benzene rings is 1. The Morgan fingerprint density at radius 2 is 1.80 bits per heavy atom. The van der Waals surface area contributed by atoms with Gasteiger partial charge in [-0.1, -0.05) is 12.1 Å². The molecule has 1 saturated heterocycles. The van der Waals surface area contributed by atoms with E-state index in [9.17, 15) is 30.3 Å². The zero-order valence-electron chi connectivity index (χ0n) is 13.3. The number of rotatable bonds is 5. The van der Waals surface area contributed by atoms with E-state index in [-0.39, 0.29) is 11.5 Å². The number of hydrogen-bond acceptors (Lipinski definition) is 9. The van der Waals surface area contributed by atoms with E-state index in [0.29, 0.717) is 5.56 Å². The summed E-state index contributed by atoms with van der Waals surface area (Å²) in [6.07, 6.45) is -6.24. The van der Waals surface area contributed by atoms with Gasteiger partial charge in [-0.2, -0.15) is 0 Å². The van der Waals surface area contributed by atoms with Crippen LogP contribution in [0.25, 0.3) is 6.08 Å². The van der Waals surface area contributed by atoms with Crippen LogP contribution in [0.15, 0.2) is 30.0 Å². The van der Waals surface area contributed by atoms with E-state index in [0.717, 1.165) is 7.11 Å². The first-order valence-corrected chi connectivity index (χ1v) is 7.43. The Bertz CT molecular complexity index is 611. The highest BCUT2D eigenvalue weighted by Crippen LogP contribution is 2.25. The molecule has 0 spiro atoms. The van der Waals surface area contributed by atoms with Gasteiger partial charge in [0.1, 0.15) is 30.2 Å². The first-order valence-electron chi connectivity index (χ1n) is 7.43. The van der Waals surface area contributed by atoms with Crippen LogP contribution in [-0.4, -0.2) is 75.9 Å². The van der Waals surface area contributed by atoms with Crippen molar-refractivity contribution in [2.24, 2.45) is 0 Å². The Morgan fingerprint density at radius 1 is 1.16 bits per heavy atom. The van der Waals surface area contributed by atoms with E-state index in [1.165, 1.54) is 30.3 Å². The summed E-state index contributed by atoms with van der Waals surface area (Å²) < 4.78 is 15.1. The number of aromatic hydroxyl groups is 1. The molecule has 0 saturated carbocycles. The van der Waals surface area contributed by atoms with Crippen molar-refractivity contribution >= 4 is 12.0 Å². The van der Waals surface area contributed by atoms with Gasteiger partial charge in [0.05, 0.1) is 13.7 Å². The zero-order valence-corrected chi connectivity index (χ0v) is 13.3. The number of methoxy groups -OCH3 is 1. The molecule has 138 valence electrons. The molecule has 9 heteroatoms. The molecule has 0 radical (unpaired) electrons. The number of aliphatic hydroxyl groups is 4. The highest BCUT2D eigenvalue weighted by atomic mass is 16.7. The van der Waals surface area contributed by atoms with Crippen LogP contribution in [0.4, 0.5) is 0 Å². The molecule has 0 aromatic heterocycles. The molecule has 1 aliphatic heterocycles. The molecule has 2 rings (SSSR count). The van der Waals surface area contributed by atoms with Gasteiger partial charge in [-0.3, -0.25) is 0 Å². The number of carbonyl (C=O) groups is 1. The van der Waals surface area contributed by atoms with Crippen molar-refractivity contribution in [2.75, 3.05) is 13.7 Å². The van der Waals surface area contributed by atoms with Crippen LogP contribution in [0.3, 0.4) is 0 Å². The van der Waals surface area contributed by atoms with E-state index < -0.39 is 43.3 Å². The van der Waals surface area contributed by atoms with Crippen molar-refractivity contribution in [3.8, 4) is 5.75 Å². The van der Waals surface area contributed by atoms with Gasteiger partial charge in [0.15, 0.2) is 0 Å². The van der Waals surface area contributed by atoms with E-state index >= 15 is 0 Å². The van der Waals surface area contributed by atoms with Crippen LogP contribution >= 0.6 is 0 Å². The minimum atomic E-state index is -1.66. The maximum atomic E-state index is 11.9. The second-order valence-electron chi connectivity index (χ2n) is 5.41. The second-order valence-corrected chi connectivity index (χ2v) is 5.41. The first-order chi connectivity index (χ1) is 11.9. The van der Waals surface area contributed by atoms with Crippen LogP contribution in [0.1, 0.15) is 5.56 Å². The monoisotopic (exact) mass is 356 g/mol. The topological polar surface area (TPSA) is 146 Å². The molecule has 1 aromatic rings. The fourth-order valence-corrected chi connectivity index (χ4v) is 2.25. The fraction of sp³-hybridized carbons (Fsp3) is 0.438. The molecule has 25 heavy (non-hydrogen) atoms. The molecule has 0 amide bonds. The van der Waals surface area contributed by atoms with E-state index in [2.05, 4.69) is 4.74 Å². The summed E-state index contributed by atoms with van der Waals surface area (Å²) in [6.45, 7) is -0.625. The van der Waals surface area contributed by atoms with E-state index in [4.69, 9.17) is 9.47 Å². The molecule has 5 atom stereocenters. The predicted molar refractivity (Wildman–Crippen MR) is 83.0 cm³/mol. The van der Waals surface area contributed by atoms with Crippen molar-refractivity contribution in [3.05, 3.63) is 35.6 Å². The van der Waals surface area contributed by atoms with Crippen LogP contribution in [0, 0.1) is 0 Å². The predicted octanol–water partition coefficient (Wildman–Crippen LogP) is -1.28. The third kappa shape index (κ3) is 4.47. The smallest absolute Gasteiger partial charge is 0.373 e. The lowest BCUT2D eigenvalue weighted by Gasteiger charge is -2.39. The highest BCUT2D eigenvalue weighted by molar-refractivity contribution is 5.91. The number of phenols is 1. The number of carbonyl (C=O) groups excluding carboxylic acids is 1. The summed E-state index contributed by atoms with van der Waals surface area (Å²) in [6, 6.07) is 5.81. The van der Waals surface area contributed by atoms with E-state index in [1.54, 1.807) is 0 Å². The Hall–Kier alpha value is -2.17. The van der Waals surface area contributed by atoms with Crippen LogP contribution in [0.2, 0.25) is 0 Å². The second kappa shape index (κ2) is 8.28. The van der Waals surface area contributed by atoms with Gasteiger partial charge in [-0.15, -0.1) is 0 Å². The standard InChI is InChI=1S/C16H20O9/c1-23-15(22)10(6-8-2-4-9(18)5-3-8)24-16-14(21)13(20)12(19)11(7-17)25-16/h2-6,11-14,16-21H,7H2,1H3/b10-6+/t11-,12-,13+,14-,16-/m1/s1. The largest absolute Gasteiger partial charge is 0.508 e. The Morgan fingerprint density at radius 3 is 2.36 bits per heavy atom. The summed E-state index contributed by atoms with van der Waals surface area (Å²) in [5.74, 6) is -1.17. The molecule has 0 aliphatic carbocycles. The zero-order chi connectivity index (χ0) is 18.6. The van der Waals surface area contributed by atoms with Crippen molar-refractivity contribution in [1.29, 1.82) is 0 Å². The summed E-state index contributed by atoms with van der Waals surface area (Å²) in [7, 11) is 1.13. The molecule has 1 fully saturated rings. The van der Waals surface area contributed by atoms with Crippen molar-refractivity contribution in [1.82, 2.24) is 0 Å². The lowest BCUT2D eigenvalue weighted by molar-refractivity contribution is -0.291. The van der Waals surface area contributed by atoms with Crippen LogP contribution in [0.5, 0.6) is 5.75 Å². The number of phenolic OH excluding ortho intramolecular Hbond substituents is 1.